The molecular formula is C18H17N5O2. The molecule has 0 bridgehead atoms. The molecule has 0 aliphatic carbocycles. The van der Waals surface area contributed by atoms with Crippen LogP contribution < -0.4 is 0 Å². The maximum atomic E-state index is 10.8. The van der Waals surface area contributed by atoms with Crippen LogP contribution in [-0.4, -0.2) is 35.3 Å². The van der Waals surface area contributed by atoms with Gasteiger partial charge < -0.3 is 5.11 Å². The molecule has 126 valence electrons. The lowest BCUT2D eigenvalue weighted by Gasteiger charge is -2.01. The minimum atomic E-state index is -0.848. The summed E-state index contributed by atoms with van der Waals surface area (Å²) in [6.45, 7) is 4.17. The molecule has 3 aromatic heterocycles. The first kappa shape index (κ1) is 15.3. The van der Waals surface area contributed by atoms with Crippen molar-refractivity contribution in [3.63, 3.8) is 0 Å². The summed E-state index contributed by atoms with van der Waals surface area (Å²) in [4.78, 5) is 10.8. The number of carboxylic acid groups (broad SMARTS) is 1. The summed E-state index contributed by atoms with van der Waals surface area (Å²) in [5.74, 6) is -0.215. The van der Waals surface area contributed by atoms with Gasteiger partial charge >= 0.3 is 5.97 Å². The lowest BCUT2D eigenvalue weighted by molar-refractivity contribution is -0.137. The predicted octanol–water partition coefficient (Wildman–Crippen LogP) is 2.68. The van der Waals surface area contributed by atoms with Crippen LogP contribution in [0.1, 0.15) is 23.4 Å². The summed E-state index contributed by atoms with van der Waals surface area (Å²) in [7, 11) is 0. The summed E-state index contributed by atoms with van der Waals surface area (Å²) in [5.41, 5.74) is 5.89. The number of rotatable bonds is 4. The number of carboxylic acids is 1. The normalized spacial score (nSPS) is 11.4. The Bertz CT molecular complexity index is 1110. The lowest BCUT2D eigenvalue weighted by atomic mass is 10.0. The SMILES string of the molecule is Cc1ccc(-c2cc3c4nnc(CCC(=O)O)n4ccn3n2)cc1C. The van der Waals surface area contributed by atoms with Crippen molar-refractivity contribution in [1.82, 2.24) is 24.2 Å². The number of benzene rings is 1. The lowest BCUT2D eigenvalue weighted by Crippen LogP contribution is -2.02. The van der Waals surface area contributed by atoms with E-state index in [9.17, 15) is 4.79 Å². The molecule has 1 N–H and O–H groups in total. The first-order chi connectivity index (χ1) is 12.0. The van der Waals surface area contributed by atoms with Gasteiger partial charge in [0.2, 0.25) is 0 Å². The maximum absolute atomic E-state index is 10.8. The maximum Gasteiger partial charge on any atom is 0.303 e. The highest BCUT2D eigenvalue weighted by Gasteiger charge is 2.13. The number of aryl methyl sites for hydroxylation is 3. The molecule has 0 atom stereocenters. The van der Waals surface area contributed by atoms with Gasteiger partial charge in [-0.2, -0.15) is 5.10 Å². The van der Waals surface area contributed by atoms with E-state index in [1.807, 2.05) is 22.9 Å². The fourth-order valence-electron chi connectivity index (χ4n) is 2.89. The third-order valence-corrected chi connectivity index (χ3v) is 4.45. The van der Waals surface area contributed by atoms with Gasteiger partial charge in [0, 0.05) is 24.4 Å². The van der Waals surface area contributed by atoms with E-state index >= 15 is 0 Å². The molecule has 0 unspecified atom stereocenters. The third kappa shape index (κ3) is 2.63. The molecule has 0 aliphatic heterocycles. The topological polar surface area (TPSA) is 84.8 Å². The Hall–Kier alpha value is -3.22. The van der Waals surface area contributed by atoms with E-state index in [1.165, 1.54) is 11.1 Å². The predicted molar refractivity (Wildman–Crippen MR) is 92.6 cm³/mol. The van der Waals surface area contributed by atoms with Gasteiger partial charge in [-0.3, -0.25) is 9.20 Å². The smallest absolute Gasteiger partial charge is 0.303 e. The van der Waals surface area contributed by atoms with E-state index in [2.05, 4.69) is 47.3 Å². The third-order valence-electron chi connectivity index (χ3n) is 4.45. The van der Waals surface area contributed by atoms with E-state index in [0.717, 1.165) is 16.8 Å². The molecule has 0 aliphatic rings. The van der Waals surface area contributed by atoms with Crippen LogP contribution in [0.4, 0.5) is 0 Å². The van der Waals surface area contributed by atoms with Gasteiger partial charge in [-0.15, -0.1) is 10.2 Å². The van der Waals surface area contributed by atoms with Gasteiger partial charge in [0.15, 0.2) is 5.65 Å². The average molecular weight is 335 g/mol. The molecule has 0 fully saturated rings. The van der Waals surface area contributed by atoms with Gasteiger partial charge in [0.05, 0.1) is 12.1 Å². The number of carbonyl (C=O) groups is 1. The second kappa shape index (κ2) is 5.70. The molecule has 25 heavy (non-hydrogen) atoms. The Morgan fingerprint density at radius 1 is 1.12 bits per heavy atom. The summed E-state index contributed by atoms with van der Waals surface area (Å²) in [6, 6.07) is 8.25. The van der Waals surface area contributed by atoms with Gasteiger partial charge in [-0.05, 0) is 37.1 Å². The van der Waals surface area contributed by atoms with E-state index in [4.69, 9.17) is 5.11 Å². The summed E-state index contributed by atoms with van der Waals surface area (Å²) < 4.78 is 3.60. The van der Waals surface area contributed by atoms with Crippen molar-refractivity contribution in [3.05, 3.63) is 53.6 Å². The highest BCUT2D eigenvalue weighted by molar-refractivity contribution is 5.77. The fourth-order valence-corrected chi connectivity index (χ4v) is 2.89. The molecule has 4 aromatic rings. The van der Waals surface area contributed by atoms with E-state index < -0.39 is 5.97 Å². The van der Waals surface area contributed by atoms with Crippen molar-refractivity contribution >= 4 is 17.1 Å². The Labute approximate surface area is 143 Å². The fraction of sp³-hybridized carbons (Fsp3) is 0.222. The standard InChI is InChI=1S/C18H17N5O2/c1-11-3-4-13(9-12(11)2)14-10-15-18-20-19-16(5-6-17(24)25)22(18)7-8-23(15)21-14/h3-4,7-10H,5-6H2,1-2H3,(H,24,25). The first-order valence-corrected chi connectivity index (χ1v) is 8.04. The summed E-state index contributed by atoms with van der Waals surface area (Å²) >= 11 is 0. The van der Waals surface area contributed by atoms with Crippen molar-refractivity contribution in [1.29, 1.82) is 0 Å². The monoisotopic (exact) mass is 335 g/mol. The molecule has 7 nitrogen and oxygen atoms in total. The summed E-state index contributed by atoms with van der Waals surface area (Å²) in [6.07, 6.45) is 4.02. The Morgan fingerprint density at radius 2 is 1.96 bits per heavy atom. The highest BCUT2D eigenvalue weighted by atomic mass is 16.4. The van der Waals surface area contributed by atoms with Crippen molar-refractivity contribution in [2.75, 3.05) is 0 Å². The zero-order chi connectivity index (χ0) is 17.6. The zero-order valence-electron chi connectivity index (χ0n) is 14.0. The van der Waals surface area contributed by atoms with Crippen molar-refractivity contribution in [2.24, 2.45) is 0 Å². The van der Waals surface area contributed by atoms with Gasteiger partial charge in [0.1, 0.15) is 11.3 Å². The van der Waals surface area contributed by atoms with Crippen molar-refractivity contribution in [2.45, 2.75) is 26.7 Å². The number of hydrogen-bond acceptors (Lipinski definition) is 4. The van der Waals surface area contributed by atoms with Gasteiger partial charge in [-0.25, -0.2) is 4.52 Å². The molecule has 7 heteroatoms. The minimum Gasteiger partial charge on any atom is -0.481 e. The molecule has 1 aromatic carbocycles. The van der Waals surface area contributed by atoms with Crippen LogP contribution >= 0.6 is 0 Å². The quantitative estimate of drug-likeness (QED) is 0.620. The Balaban J connectivity index is 1.81. The zero-order valence-corrected chi connectivity index (χ0v) is 14.0. The van der Waals surface area contributed by atoms with Crippen LogP contribution in [0.5, 0.6) is 0 Å². The molecule has 0 spiro atoms. The van der Waals surface area contributed by atoms with Crippen LogP contribution in [0.15, 0.2) is 36.7 Å². The summed E-state index contributed by atoms with van der Waals surface area (Å²) in [5, 5.41) is 21.8. The molecule has 0 saturated carbocycles. The Morgan fingerprint density at radius 3 is 2.72 bits per heavy atom. The highest BCUT2D eigenvalue weighted by Crippen LogP contribution is 2.24. The number of aromatic nitrogens is 5. The molecule has 4 rings (SSSR count). The van der Waals surface area contributed by atoms with E-state index in [-0.39, 0.29) is 6.42 Å². The van der Waals surface area contributed by atoms with Gasteiger partial charge in [-0.1, -0.05) is 12.1 Å². The van der Waals surface area contributed by atoms with E-state index in [0.29, 0.717) is 17.9 Å². The van der Waals surface area contributed by atoms with Crippen LogP contribution in [0.25, 0.3) is 22.4 Å². The van der Waals surface area contributed by atoms with Gasteiger partial charge in [0.25, 0.3) is 0 Å². The molecular weight excluding hydrogens is 318 g/mol. The van der Waals surface area contributed by atoms with Crippen LogP contribution in [-0.2, 0) is 11.2 Å². The van der Waals surface area contributed by atoms with Crippen LogP contribution in [0.3, 0.4) is 0 Å². The molecule has 0 radical (unpaired) electrons. The number of hydrogen-bond donors (Lipinski definition) is 1. The average Bonchev–Trinajstić information content (AvgIpc) is 3.18. The van der Waals surface area contributed by atoms with Crippen molar-refractivity contribution < 1.29 is 9.90 Å². The number of nitrogens with zero attached hydrogens (tertiary/aromatic N) is 5. The first-order valence-electron chi connectivity index (χ1n) is 8.04. The van der Waals surface area contributed by atoms with E-state index in [1.54, 1.807) is 4.52 Å². The largest absolute Gasteiger partial charge is 0.481 e. The van der Waals surface area contributed by atoms with Crippen molar-refractivity contribution in [3.8, 4) is 11.3 Å². The van der Waals surface area contributed by atoms with Crippen LogP contribution in [0.2, 0.25) is 0 Å². The molecule has 3 heterocycles. The van der Waals surface area contributed by atoms with Crippen LogP contribution in [0, 0.1) is 13.8 Å². The second-order valence-electron chi connectivity index (χ2n) is 6.16. The number of aliphatic carboxylic acids is 1. The molecule has 0 saturated heterocycles. The molecule has 0 amide bonds. The second-order valence-corrected chi connectivity index (χ2v) is 6.16. The number of fused-ring (bicyclic) bond motifs is 3. The minimum absolute atomic E-state index is 0.0269. The Kier molecular flexibility index (Phi) is 3.49.